The molecule has 1 aliphatic heterocycles. The van der Waals surface area contributed by atoms with Gasteiger partial charge in [0.1, 0.15) is 17.1 Å². The molecule has 2 atom stereocenters. The van der Waals surface area contributed by atoms with Crippen molar-refractivity contribution in [3.8, 4) is 0 Å². The minimum atomic E-state index is -0.944. The first-order valence-corrected chi connectivity index (χ1v) is 6.23. The van der Waals surface area contributed by atoms with E-state index >= 15 is 0 Å². The molecule has 0 radical (unpaired) electrons. The third kappa shape index (κ3) is 2.91. The Morgan fingerprint density at radius 2 is 2.39 bits per heavy atom. The molecule has 0 aromatic carbocycles. The number of carboxylic acid groups (broad SMARTS) is 1. The molecule has 1 aliphatic rings. The number of hydrogen-bond donors (Lipinski definition) is 2. The average Bonchev–Trinajstić information content (AvgIpc) is 2.86. The van der Waals surface area contributed by atoms with Crippen LogP contribution in [0.2, 0.25) is 0 Å². The van der Waals surface area contributed by atoms with Gasteiger partial charge in [-0.3, -0.25) is 0 Å². The summed E-state index contributed by atoms with van der Waals surface area (Å²) in [7, 11) is 0. The smallest absolute Gasteiger partial charge is 0.339 e. The molecule has 1 aromatic rings. The molecule has 2 unspecified atom stereocenters. The van der Waals surface area contributed by atoms with Crippen LogP contribution in [0, 0.1) is 12.8 Å². The Kier molecular flexibility index (Phi) is 4.04. The number of nitrogens with one attached hydrogen (secondary N) is 1. The van der Waals surface area contributed by atoms with Crippen molar-refractivity contribution in [2.45, 2.75) is 32.9 Å². The van der Waals surface area contributed by atoms with Crippen LogP contribution in [0.25, 0.3) is 0 Å². The van der Waals surface area contributed by atoms with Gasteiger partial charge in [-0.25, -0.2) is 4.79 Å². The number of hydrogen-bond acceptors (Lipinski definition) is 4. The summed E-state index contributed by atoms with van der Waals surface area (Å²) in [5, 5.41) is 12.2. The summed E-state index contributed by atoms with van der Waals surface area (Å²) in [5.41, 5.74) is 0.240. The van der Waals surface area contributed by atoms with Crippen LogP contribution in [-0.4, -0.2) is 30.3 Å². The highest BCUT2D eigenvalue weighted by atomic mass is 16.5. The molecule has 1 fully saturated rings. The monoisotopic (exact) mass is 253 g/mol. The number of aromatic carboxylic acids is 1. The fourth-order valence-electron chi connectivity index (χ4n) is 2.27. The second-order valence-corrected chi connectivity index (χ2v) is 4.74. The van der Waals surface area contributed by atoms with E-state index in [1.165, 1.54) is 0 Å². The number of aryl methyl sites for hydroxylation is 1. The largest absolute Gasteiger partial charge is 0.478 e. The molecular weight excluding hydrogens is 234 g/mol. The molecule has 5 heteroatoms. The van der Waals surface area contributed by atoms with Crippen LogP contribution in [0.1, 0.15) is 35.2 Å². The summed E-state index contributed by atoms with van der Waals surface area (Å²) < 4.78 is 10.9. The molecule has 1 aromatic heterocycles. The summed E-state index contributed by atoms with van der Waals surface area (Å²) >= 11 is 0. The maximum Gasteiger partial charge on any atom is 0.339 e. The van der Waals surface area contributed by atoms with Gasteiger partial charge in [0.2, 0.25) is 0 Å². The van der Waals surface area contributed by atoms with Gasteiger partial charge < -0.3 is 19.6 Å². The highest BCUT2D eigenvalue weighted by Gasteiger charge is 2.23. The number of carbonyl (C=O) groups is 1. The van der Waals surface area contributed by atoms with Gasteiger partial charge in [-0.05, 0) is 32.3 Å². The third-order valence-electron chi connectivity index (χ3n) is 3.44. The third-order valence-corrected chi connectivity index (χ3v) is 3.44. The van der Waals surface area contributed by atoms with Crippen molar-refractivity contribution in [1.82, 2.24) is 5.32 Å². The molecule has 0 bridgehead atoms. The lowest BCUT2D eigenvalue weighted by atomic mass is 10.0. The average molecular weight is 253 g/mol. The van der Waals surface area contributed by atoms with Crippen LogP contribution in [0.3, 0.4) is 0 Å². The van der Waals surface area contributed by atoms with Gasteiger partial charge in [0.15, 0.2) is 0 Å². The summed E-state index contributed by atoms with van der Waals surface area (Å²) in [6.45, 7) is 6.00. The van der Waals surface area contributed by atoms with E-state index in [0.717, 1.165) is 19.6 Å². The first kappa shape index (κ1) is 13.1. The fraction of sp³-hybridized carbons (Fsp3) is 0.615. The SMILES string of the molecule is Cc1oc(CNCC2CCOC2C)cc1C(=O)O. The Morgan fingerprint density at radius 3 is 2.94 bits per heavy atom. The summed E-state index contributed by atoms with van der Waals surface area (Å²) in [6, 6.07) is 1.58. The van der Waals surface area contributed by atoms with Gasteiger partial charge in [-0.2, -0.15) is 0 Å². The zero-order chi connectivity index (χ0) is 13.1. The molecule has 100 valence electrons. The topological polar surface area (TPSA) is 71.7 Å². The molecular formula is C13H19NO4. The highest BCUT2D eigenvalue weighted by molar-refractivity contribution is 5.88. The Bertz CT molecular complexity index is 427. The first-order valence-electron chi connectivity index (χ1n) is 6.23. The van der Waals surface area contributed by atoms with E-state index in [-0.39, 0.29) is 5.56 Å². The number of carboxylic acids is 1. The summed E-state index contributed by atoms with van der Waals surface area (Å²) in [4.78, 5) is 10.9. The van der Waals surface area contributed by atoms with E-state index in [9.17, 15) is 4.79 Å². The lowest BCUT2D eigenvalue weighted by molar-refractivity contribution is 0.0695. The standard InChI is InChI=1S/C13H19NO4/c1-8-10(3-4-17-8)6-14-7-11-5-12(13(15)16)9(2)18-11/h5,8,10,14H,3-4,6-7H2,1-2H3,(H,15,16). The lowest BCUT2D eigenvalue weighted by Crippen LogP contribution is -2.26. The Morgan fingerprint density at radius 1 is 1.61 bits per heavy atom. The van der Waals surface area contributed by atoms with E-state index in [4.69, 9.17) is 14.3 Å². The maximum atomic E-state index is 10.9. The quantitative estimate of drug-likeness (QED) is 0.837. The second kappa shape index (κ2) is 5.54. The predicted molar refractivity (Wildman–Crippen MR) is 65.6 cm³/mol. The van der Waals surface area contributed by atoms with Gasteiger partial charge >= 0.3 is 5.97 Å². The molecule has 0 aliphatic carbocycles. The van der Waals surface area contributed by atoms with Crippen molar-refractivity contribution in [3.63, 3.8) is 0 Å². The van der Waals surface area contributed by atoms with Crippen LogP contribution in [0.15, 0.2) is 10.5 Å². The molecule has 1 saturated heterocycles. The van der Waals surface area contributed by atoms with Crippen LogP contribution < -0.4 is 5.32 Å². The molecule has 2 rings (SSSR count). The van der Waals surface area contributed by atoms with Crippen LogP contribution >= 0.6 is 0 Å². The summed E-state index contributed by atoms with van der Waals surface area (Å²) in [6.07, 6.45) is 1.37. The van der Waals surface area contributed by atoms with E-state index < -0.39 is 5.97 Å². The van der Waals surface area contributed by atoms with Crippen molar-refractivity contribution in [2.24, 2.45) is 5.92 Å². The molecule has 5 nitrogen and oxygen atoms in total. The van der Waals surface area contributed by atoms with Gasteiger partial charge in [0.25, 0.3) is 0 Å². The molecule has 2 N–H and O–H groups in total. The second-order valence-electron chi connectivity index (χ2n) is 4.74. The Labute approximate surface area is 106 Å². The van der Waals surface area contributed by atoms with E-state index in [2.05, 4.69) is 12.2 Å². The van der Waals surface area contributed by atoms with E-state index in [1.807, 2.05) is 0 Å². The number of furan rings is 1. The predicted octanol–water partition coefficient (Wildman–Crippen LogP) is 1.80. The summed E-state index contributed by atoms with van der Waals surface area (Å²) in [5.74, 6) is 0.702. The zero-order valence-corrected chi connectivity index (χ0v) is 10.7. The number of ether oxygens (including phenoxy) is 1. The van der Waals surface area contributed by atoms with Gasteiger partial charge in [0, 0.05) is 13.2 Å². The van der Waals surface area contributed by atoms with Crippen molar-refractivity contribution in [1.29, 1.82) is 0 Å². The van der Waals surface area contributed by atoms with Crippen molar-refractivity contribution in [2.75, 3.05) is 13.2 Å². The van der Waals surface area contributed by atoms with Crippen LogP contribution in [-0.2, 0) is 11.3 Å². The Hall–Kier alpha value is -1.33. The van der Waals surface area contributed by atoms with Crippen LogP contribution in [0.4, 0.5) is 0 Å². The maximum absolute atomic E-state index is 10.9. The fourth-order valence-corrected chi connectivity index (χ4v) is 2.27. The van der Waals surface area contributed by atoms with E-state index in [1.54, 1.807) is 13.0 Å². The molecule has 0 spiro atoms. The molecule has 0 saturated carbocycles. The first-order chi connectivity index (χ1) is 8.58. The van der Waals surface area contributed by atoms with Crippen molar-refractivity contribution < 1.29 is 19.1 Å². The van der Waals surface area contributed by atoms with Crippen molar-refractivity contribution in [3.05, 3.63) is 23.2 Å². The van der Waals surface area contributed by atoms with Crippen LogP contribution in [0.5, 0.6) is 0 Å². The van der Waals surface area contributed by atoms with Crippen molar-refractivity contribution >= 4 is 5.97 Å². The normalized spacial score (nSPS) is 23.4. The molecule has 0 amide bonds. The zero-order valence-electron chi connectivity index (χ0n) is 10.7. The minimum Gasteiger partial charge on any atom is -0.478 e. The van der Waals surface area contributed by atoms with Gasteiger partial charge in [0.05, 0.1) is 12.6 Å². The molecule has 2 heterocycles. The minimum absolute atomic E-state index is 0.240. The Balaban J connectivity index is 1.83. The number of rotatable bonds is 5. The highest BCUT2D eigenvalue weighted by Crippen LogP contribution is 2.20. The van der Waals surface area contributed by atoms with Gasteiger partial charge in [-0.15, -0.1) is 0 Å². The molecule has 18 heavy (non-hydrogen) atoms. The van der Waals surface area contributed by atoms with Gasteiger partial charge in [-0.1, -0.05) is 0 Å². The lowest BCUT2D eigenvalue weighted by Gasteiger charge is -2.13. The van der Waals surface area contributed by atoms with E-state index in [0.29, 0.717) is 30.1 Å².